The molecule has 2 amide bonds. The van der Waals surface area contributed by atoms with Crippen molar-refractivity contribution in [1.29, 1.82) is 10.5 Å². The van der Waals surface area contributed by atoms with Gasteiger partial charge in [0.25, 0.3) is 0 Å². The van der Waals surface area contributed by atoms with Gasteiger partial charge in [-0.2, -0.15) is 10.5 Å². The fraction of sp³-hybridized carbons (Fsp3) is 0.200. The molecule has 0 aliphatic rings. The van der Waals surface area contributed by atoms with Crippen LogP contribution in [-0.2, 0) is 22.6 Å². The number of hydrogen-bond acceptors (Lipinski definition) is 8. The van der Waals surface area contributed by atoms with Gasteiger partial charge in [0.2, 0.25) is 11.8 Å². The molecule has 2 aromatic heterocycles. The molecule has 162 valence electrons. The Morgan fingerprint density at radius 2 is 2.03 bits per heavy atom. The standard InChI is InChI=1S/C20H16ClN7O2S2/c21-12-1-3-14(4-2-12)32-10-19(29)28-15(5-13-9-31-11-25-13)20(30)24-8-18-26-16(6-22)17(7-23)27-18/h1-4,9,11,15H,5,8,10H2,(H,24,30)(H,26,27)(H,28,29). The minimum Gasteiger partial charge on any atom is -0.347 e. The van der Waals surface area contributed by atoms with E-state index in [-0.39, 0.29) is 41.8 Å². The predicted molar refractivity (Wildman–Crippen MR) is 120 cm³/mol. The molecule has 3 N–H and O–H groups in total. The minimum atomic E-state index is -0.851. The number of imidazole rings is 1. The van der Waals surface area contributed by atoms with Crippen molar-refractivity contribution in [1.82, 2.24) is 25.6 Å². The lowest BCUT2D eigenvalue weighted by molar-refractivity contribution is -0.128. The number of thiazole rings is 1. The van der Waals surface area contributed by atoms with Crippen LogP contribution in [0.4, 0.5) is 0 Å². The van der Waals surface area contributed by atoms with Gasteiger partial charge >= 0.3 is 0 Å². The van der Waals surface area contributed by atoms with Crippen LogP contribution < -0.4 is 10.6 Å². The van der Waals surface area contributed by atoms with Crippen molar-refractivity contribution in [3.8, 4) is 12.1 Å². The zero-order valence-corrected chi connectivity index (χ0v) is 18.9. The Hall–Kier alpha value is -3.38. The summed E-state index contributed by atoms with van der Waals surface area (Å²) in [7, 11) is 0. The van der Waals surface area contributed by atoms with Gasteiger partial charge in [0.15, 0.2) is 11.4 Å². The largest absolute Gasteiger partial charge is 0.347 e. The molecule has 0 radical (unpaired) electrons. The maximum Gasteiger partial charge on any atom is 0.243 e. The number of rotatable bonds is 9. The molecule has 0 fully saturated rings. The maximum atomic E-state index is 12.8. The summed E-state index contributed by atoms with van der Waals surface area (Å²) in [6.07, 6.45) is 0.220. The van der Waals surface area contributed by atoms with Gasteiger partial charge in [-0.1, -0.05) is 11.6 Å². The molecule has 3 aromatic rings. The van der Waals surface area contributed by atoms with Crippen molar-refractivity contribution in [2.45, 2.75) is 23.9 Å². The highest BCUT2D eigenvalue weighted by atomic mass is 35.5. The lowest BCUT2D eigenvalue weighted by atomic mass is 10.1. The quantitative estimate of drug-likeness (QED) is 0.394. The topological polar surface area (TPSA) is 147 Å². The molecule has 2 heterocycles. The summed E-state index contributed by atoms with van der Waals surface area (Å²) in [6, 6.07) is 9.91. The van der Waals surface area contributed by atoms with Crippen LogP contribution in [0.15, 0.2) is 40.1 Å². The third-order valence-electron chi connectivity index (χ3n) is 4.13. The second-order valence-electron chi connectivity index (χ2n) is 6.40. The van der Waals surface area contributed by atoms with Crippen molar-refractivity contribution in [2.75, 3.05) is 5.75 Å². The SMILES string of the molecule is N#Cc1nc(CNC(=O)C(Cc2cscn2)NC(=O)CSc2ccc(Cl)cc2)[nH]c1C#N. The molecule has 9 nitrogen and oxygen atoms in total. The predicted octanol–water partition coefficient (Wildman–Crippen LogP) is 2.40. The van der Waals surface area contributed by atoms with Gasteiger partial charge in [-0.25, -0.2) is 9.97 Å². The number of H-pyrrole nitrogens is 1. The molecule has 3 rings (SSSR count). The first-order valence-electron chi connectivity index (χ1n) is 9.20. The summed E-state index contributed by atoms with van der Waals surface area (Å²) >= 11 is 8.59. The fourth-order valence-electron chi connectivity index (χ4n) is 2.63. The zero-order chi connectivity index (χ0) is 22.9. The highest BCUT2D eigenvalue weighted by Crippen LogP contribution is 2.20. The lowest BCUT2D eigenvalue weighted by Crippen LogP contribution is -2.48. The van der Waals surface area contributed by atoms with Gasteiger partial charge in [-0.15, -0.1) is 23.1 Å². The number of halogens is 1. The summed E-state index contributed by atoms with van der Waals surface area (Å²) < 4.78 is 0. The Balaban J connectivity index is 1.61. The third kappa shape index (κ3) is 6.56. The summed E-state index contributed by atoms with van der Waals surface area (Å²) in [6.45, 7) is -0.0296. The number of benzene rings is 1. The second kappa shape index (κ2) is 11.3. The van der Waals surface area contributed by atoms with Crippen LogP contribution in [-0.4, -0.2) is 38.6 Å². The number of aromatic nitrogens is 3. The van der Waals surface area contributed by atoms with E-state index in [1.807, 2.05) is 24.3 Å². The van der Waals surface area contributed by atoms with E-state index < -0.39 is 11.9 Å². The number of nitrogens with one attached hydrogen (secondary N) is 3. The summed E-state index contributed by atoms with van der Waals surface area (Å²) in [5, 5.41) is 25.8. The number of thioether (sulfide) groups is 1. The molecular weight excluding hydrogens is 470 g/mol. The van der Waals surface area contributed by atoms with Gasteiger partial charge < -0.3 is 15.6 Å². The van der Waals surface area contributed by atoms with E-state index in [9.17, 15) is 9.59 Å². The Morgan fingerprint density at radius 3 is 2.66 bits per heavy atom. The number of nitrogens with zero attached hydrogens (tertiary/aromatic N) is 4. The average molecular weight is 486 g/mol. The molecular formula is C20H16ClN7O2S2. The van der Waals surface area contributed by atoms with Crippen LogP contribution in [0.1, 0.15) is 22.9 Å². The number of hydrogen-bond donors (Lipinski definition) is 3. The van der Waals surface area contributed by atoms with E-state index in [0.29, 0.717) is 10.7 Å². The molecule has 1 atom stereocenters. The Kier molecular flexibility index (Phi) is 8.22. The molecule has 0 saturated carbocycles. The fourth-order valence-corrected chi connectivity index (χ4v) is 4.04. The summed E-state index contributed by atoms with van der Waals surface area (Å²) in [5.74, 6) is -0.353. The zero-order valence-electron chi connectivity index (χ0n) is 16.5. The normalized spacial score (nSPS) is 11.2. The molecule has 0 aliphatic carbocycles. The van der Waals surface area contributed by atoms with Crippen LogP contribution in [0.5, 0.6) is 0 Å². The van der Waals surface area contributed by atoms with Gasteiger partial charge in [-0.05, 0) is 24.3 Å². The van der Waals surface area contributed by atoms with Crippen molar-refractivity contribution in [3.63, 3.8) is 0 Å². The maximum absolute atomic E-state index is 12.8. The van der Waals surface area contributed by atoms with Crippen LogP contribution in [0.3, 0.4) is 0 Å². The van der Waals surface area contributed by atoms with Crippen LogP contribution >= 0.6 is 34.7 Å². The number of nitriles is 2. The van der Waals surface area contributed by atoms with Gasteiger partial charge in [-0.3, -0.25) is 9.59 Å². The first kappa shape index (κ1) is 23.3. The van der Waals surface area contributed by atoms with Crippen LogP contribution in [0.25, 0.3) is 0 Å². The van der Waals surface area contributed by atoms with E-state index in [1.54, 1.807) is 23.0 Å². The summed E-state index contributed by atoms with van der Waals surface area (Å²) in [5.41, 5.74) is 2.32. The minimum absolute atomic E-state index is 0.0296. The molecule has 1 aromatic carbocycles. The summed E-state index contributed by atoms with van der Waals surface area (Å²) in [4.78, 5) is 37.0. The van der Waals surface area contributed by atoms with Gasteiger partial charge in [0.05, 0.1) is 23.5 Å². The van der Waals surface area contributed by atoms with Crippen LogP contribution in [0.2, 0.25) is 5.02 Å². The first-order chi connectivity index (χ1) is 15.5. The Bertz CT molecular complexity index is 1130. The molecule has 0 spiro atoms. The highest BCUT2D eigenvalue weighted by Gasteiger charge is 2.22. The molecule has 0 bridgehead atoms. The van der Waals surface area contributed by atoms with Crippen molar-refractivity contribution >= 4 is 46.5 Å². The monoisotopic (exact) mass is 485 g/mol. The van der Waals surface area contributed by atoms with Crippen molar-refractivity contribution in [3.05, 3.63) is 63.1 Å². The van der Waals surface area contributed by atoms with Gasteiger partial charge in [0.1, 0.15) is 24.0 Å². The molecule has 32 heavy (non-hydrogen) atoms. The van der Waals surface area contributed by atoms with E-state index in [4.69, 9.17) is 22.1 Å². The molecule has 12 heteroatoms. The third-order valence-corrected chi connectivity index (χ3v) is 6.03. The van der Waals surface area contributed by atoms with E-state index in [0.717, 1.165) is 4.90 Å². The molecule has 0 aliphatic heterocycles. The van der Waals surface area contributed by atoms with Crippen molar-refractivity contribution in [2.24, 2.45) is 0 Å². The average Bonchev–Trinajstić information content (AvgIpc) is 3.46. The number of carbonyl (C=O) groups is 2. The number of carbonyl (C=O) groups excluding carboxylic acids is 2. The molecule has 0 saturated heterocycles. The van der Waals surface area contributed by atoms with Gasteiger partial charge in [0, 0.05) is 21.7 Å². The second-order valence-corrected chi connectivity index (χ2v) is 8.60. The first-order valence-corrected chi connectivity index (χ1v) is 11.5. The molecule has 1 unspecified atom stereocenters. The van der Waals surface area contributed by atoms with E-state index >= 15 is 0 Å². The van der Waals surface area contributed by atoms with E-state index in [1.165, 1.54) is 23.1 Å². The van der Waals surface area contributed by atoms with Crippen LogP contribution in [0, 0.1) is 22.7 Å². The smallest absolute Gasteiger partial charge is 0.243 e. The Labute approximate surface area is 196 Å². The van der Waals surface area contributed by atoms with E-state index in [2.05, 4.69) is 25.6 Å². The highest BCUT2D eigenvalue weighted by molar-refractivity contribution is 8.00. The van der Waals surface area contributed by atoms with Crippen molar-refractivity contribution < 1.29 is 9.59 Å². The number of amides is 2. The Morgan fingerprint density at radius 1 is 1.25 bits per heavy atom. The number of aromatic amines is 1. The lowest BCUT2D eigenvalue weighted by Gasteiger charge is -2.17.